The van der Waals surface area contributed by atoms with Crippen LogP contribution in [0.1, 0.15) is 16.8 Å². The van der Waals surface area contributed by atoms with Crippen molar-refractivity contribution < 1.29 is 4.74 Å². The zero-order valence-electron chi connectivity index (χ0n) is 14.5. The molecule has 0 radical (unpaired) electrons. The van der Waals surface area contributed by atoms with Gasteiger partial charge in [0.15, 0.2) is 0 Å². The van der Waals surface area contributed by atoms with Gasteiger partial charge in [0.25, 0.3) is 0 Å². The van der Waals surface area contributed by atoms with E-state index in [9.17, 15) is 0 Å². The number of hydrogen-bond acceptors (Lipinski definition) is 3. The van der Waals surface area contributed by atoms with Crippen LogP contribution in [0.2, 0.25) is 0 Å². The van der Waals surface area contributed by atoms with Crippen LogP contribution in [0.15, 0.2) is 54.7 Å². The highest BCUT2D eigenvalue weighted by Crippen LogP contribution is 2.24. The molecule has 3 aromatic rings. The Morgan fingerprint density at radius 1 is 1.00 bits per heavy atom. The molecule has 4 rings (SSSR count). The number of nitrogens with zero attached hydrogens (tertiary/aromatic N) is 2. The number of rotatable bonds is 3. The van der Waals surface area contributed by atoms with Crippen LogP contribution in [0.3, 0.4) is 0 Å². The summed E-state index contributed by atoms with van der Waals surface area (Å²) < 4.78 is 5.47. The van der Waals surface area contributed by atoms with Crippen LogP contribution < -0.4 is 4.90 Å². The van der Waals surface area contributed by atoms with Gasteiger partial charge in [-0.2, -0.15) is 0 Å². The van der Waals surface area contributed by atoms with Gasteiger partial charge in [-0.25, -0.2) is 0 Å². The molecule has 0 bridgehead atoms. The van der Waals surface area contributed by atoms with Gasteiger partial charge in [0.2, 0.25) is 0 Å². The maximum atomic E-state index is 5.47. The molecule has 0 aliphatic carbocycles. The molecular weight excluding hydrogens is 308 g/mol. The van der Waals surface area contributed by atoms with Crippen molar-refractivity contribution in [3.8, 4) is 0 Å². The molecule has 0 atom stereocenters. The Hall–Kier alpha value is -2.65. The summed E-state index contributed by atoms with van der Waals surface area (Å²) in [6, 6.07) is 17.0. The molecule has 1 saturated heterocycles. The standard InChI is InChI=1S/C22H22N2O/c1-17-16-23-20(15-22(17)24-11-13-25-14-12-24)10-9-19-7-4-6-18-5-2-3-8-21(18)19/h2-10,15-16H,11-14H2,1H3/b10-9-. The number of aryl methyl sites for hydroxylation is 1. The molecule has 0 amide bonds. The lowest BCUT2D eigenvalue weighted by atomic mass is 10.0. The molecule has 0 spiro atoms. The molecule has 0 unspecified atom stereocenters. The van der Waals surface area contributed by atoms with Crippen molar-refractivity contribution in [2.45, 2.75) is 6.92 Å². The second-order valence-electron chi connectivity index (χ2n) is 6.40. The number of benzene rings is 2. The first-order valence-electron chi connectivity index (χ1n) is 8.76. The molecule has 3 nitrogen and oxygen atoms in total. The van der Waals surface area contributed by atoms with Crippen LogP contribution >= 0.6 is 0 Å². The van der Waals surface area contributed by atoms with Crippen molar-refractivity contribution in [2.75, 3.05) is 31.2 Å². The fraction of sp³-hybridized carbons (Fsp3) is 0.227. The van der Waals surface area contributed by atoms with E-state index in [1.807, 2.05) is 6.20 Å². The Kier molecular flexibility index (Phi) is 4.49. The molecule has 1 fully saturated rings. The smallest absolute Gasteiger partial charge is 0.0650 e. The number of ether oxygens (including phenoxy) is 1. The van der Waals surface area contributed by atoms with Crippen molar-refractivity contribution in [1.29, 1.82) is 0 Å². The number of pyridine rings is 1. The van der Waals surface area contributed by atoms with E-state index >= 15 is 0 Å². The van der Waals surface area contributed by atoms with Crippen LogP contribution in [0, 0.1) is 6.92 Å². The highest BCUT2D eigenvalue weighted by atomic mass is 16.5. The molecule has 1 aliphatic rings. The van der Waals surface area contributed by atoms with Gasteiger partial charge in [-0.3, -0.25) is 4.98 Å². The third kappa shape index (κ3) is 3.42. The summed E-state index contributed by atoms with van der Waals surface area (Å²) in [4.78, 5) is 6.97. The SMILES string of the molecule is Cc1cnc(/C=C\c2cccc3ccccc23)cc1N1CCOCC1. The Balaban J connectivity index is 1.65. The predicted octanol–water partition coefficient (Wildman–Crippen LogP) is 4.55. The Labute approximate surface area is 148 Å². The van der Waals surface area contributed by atoms with Gasteiger partial charge in [0.05, 0.1) is 18.9 Å². The van der Waals surface area contributed by atoms with E-state index in [0.717, 1.165) is 32.0 Å². The number of aromatic nitrogens is 1. The van der Waals surface area contributed by atoms with E-state index in [2.05, 4.69) is 77.5 Å². The van der Waals surface area contributed by atoms with Gasteiger partial charge in [-0.15, -0.1) is 0 Å². The molecule has 126 valence electrons. The van der Waals surface area contributed by atoms with E-state index in [-0.39, 0.29) is 0 Å². The first kappa shape index (κ1) is 15.9. The van der Waals surface area contributed by atoms with Crippen LogP contribution in [0.5, 0.6) is 0 Å². The lowest BCUT2D eigenvalue weighted by molar-refractivity contribution is 0.122. The Bertz CT molecular complexity index is 906. The number of morpholine rings is 1. The minimum absolute atomic E-state index is 0.795. The first-order chi connectivity index (χ1) is 12.3. The largest absolute Gasteiger partial charge is 0.378 e. The average Bonchev–Trinajstić information content (AvgIpc) is 2.68. The van der Waals surface area contributed by atoms with Crippen molar-refractivity contribution >= 4 is 28.6 Å². The van der Waals surface area contributed by atoms with Crippen LogP contribution in [0.4, 0.5) is 5.69 Å². The third-order valence-electron chi connectivity index (χ3n) is 4.70. The van der Waals surface area contributed by atoms with Crippen molar-refractivity contribution in [3.05, 3.63) is 71.5 Å². The topological polar surface area (TPSA) is 25.4 Å². The molecule has 2 heterocycles. The number of anilines is 1. The summed E-state index contributed by atoms with van der Waals surface area (Å²) in [7, 11) is 0. The zero-order valence-corrected chi connectivity index (χ0v) is 14.5. The van der Waals surface area contributed by atoms with Crippen molar-refractivity contribution in [3.63, 3.8) is 0 Å². The number of fused-ring (bicyclic) bond motifs is 1. The fourth-order valence-corrected chi connectivity index (χ4v) is 3.34. The van der Waals surface area contributed by atoms with E-state index in [0.29, 0.717) is 0 Å². The summed E-state index contributed by atoms with van der Waals surface area (Å²) in [5.74, 6) is 0. The quantitative estimate of drug-likeness (QED) is 0.704. The number of hydrogen-bond donors (Lipinski definition) is 0. The van der Waals surface area contributed by atoms with Gasteiger partial charge < -0.3 is 9.64 Å². The summed E-state index contributed by atoms with van der Waals surface area (Å²) in [6.45, 7) is 5.59. The predicted molar refractivity (Wildman–Crippen MR) is 105 cm³/mol. The second kappa shape index (κ2) is 7.08. The first-order valence-corrected chi connectivity index (χ1v) is 8.76. The molecule has 1 aromatic heterocycles. The zero-order chi connectivity index (χ0) is 17.1. The van der Waals surface area contributed by atoms with E-state index in [4.69, 9.17) is 4.74 Å². The highest BCUT2D eigenvalue weighted by Gasteiger charge is 2.13. The van der Waals surface area contributed by atoms with Gasteiger partial charge in [-0.1, -0.05) is 48.5 Å². The molecule has 1 aliphatic heterocycles. The molecule has 25 heavy (non-hydrogen) atoms. The van der Waals surface area contributed by atoms with Crippen LogP contribution in [-0.2, 0) is 4.74 Å². The lowest BCUT2D eigenvalue weighted by Crippen LogP contribution is -2.36. The van der Waals surface area contributed by atoms with E-state index in [1.54, 1.807) is 0 Å². The minimum Gasteiger partial charge on any atom is -0.378 e. The Morgan fingerprint density at radius 3 is 2.68 bits per heavy atom. The average molecular weight is 330 g/mol. The summed E-state index contributed by atoms with van der Waals surface area (Å²) >= 11 is 0. The Morgan fingerprint density at radius 2 is 1.80 bits per heavy atom. The molecular formula is C22H22N2O. The highest BCUT2D eigenvalue weighted by molar-refractivity contribution is 5.92. The molecule has 2 aromatic carbocycles. The van der Waals surface area contributed by atoms with Gasteiger partial charge in [0.1, 0.15) is 0 Å². The summed E-state index contributed by atoms with van der Waals surface area (Å²) in [5.41, 5.74) is 4.67. The van der Waals surface area contributed by atoms with Crippen LogP contribution in [-0.4, -0.2) is 31.3 Å². The molecule has 3 heteroatoms. The minimum atomic E-state index is 0.795. The molecule has 0 N–H and O–H groups in total. The monoisotopic (exact) mass is 330 g/mol. The van der Waals surface area contributed by atoms with E-state index in [1.165, 1.54) is 27.6 Å². The second-order valence-corrected chi connectivity index (χ2v) is 6.40. The maximum Gasteiger partial charge on any atom is 0.0650 e. The van der Waals surface area contributed by atoms with Gasteiger partial charge in [0, 0.05) is 25.0 Å². The van der Waals surface area contributed by atoms with Gasteiger partial charge >= 0.3 is 0 Å². The van der Waals surface area contributed by atoms with Crippen LogP contribution in [0.25, 0.3) is 22.9 Å². The summed E-state index contributed by atoms with van der Waals surface area (Å²) in [5, 5.41) is 2.53. The van der Waals surface area contributed by atoms with E-state index < -0.39 is 0 Å². The maximum absolute atomic E-state index is 5.47. The normalized spacial score (nSPS) is 15.2. The molecule has 0 saturated carbocycles. The van der Waals surface area contributed by atoms with Crippen molar-refractivity contribution in [1.82, 2.24) is 4.98 Å². The third-order valence-corrected chi connectivity index (χ3v) is 4.70. The van der Waals surface area contributed by atoms with Crippen molar-refractivity contribution in [2.24, 2.45) is 0 Å². The van der Waals surface area contributed by atoms with Gasteiger partial charge in [-0.05, 0) is 41.0 Å². The lowest BCUT2D eigenvalue weighted by Gasteiger charge is -2.30. The fourth-order valence-electron chi connectivity index (χ4n) is 3.34. The summed E-state index contributed by atoms with van der Waals surface area (Å²) in [6.07, 6.45) is 6.22.